The molecule has 4 rings (SSSR count). The molecule has 2 heterocycles. The molecule has 1 saturated heterocycles. The molecule has 0 spiro atoms. The number of non-ortho nitro benzene ring substituents is 1. The summed E-state index contributed by atoms with van der Waals surface area (Å²) in [6.45, 7) is 0. The molecule has 1 aliphatic heterocycles. The number of furan rings is 1. The Labute approximate surface area is 189 Å². The molecule has 1 aliphatic rings. The van der Waals surface area contributed by atoms with Gasteiger partial charge in [-0.15, -0.1) is 0 Å². The van der Waals surface area contributed by atoms with Gasteiger partial charge in [0.05, 0.1) is 10.6 Å². The monoisotopic (exact) mass is 497 g/mol. The van der Waals surface area contributed by atoms with E-state index in [0.717, 1.165) is 4.47 Å². The van der Waals surface area contributed by atoms with Gasteiger partial charge in [-0.25, -0.2) is 0 Å². The summed E-state index contributed by atoms with van der Waals surface area (Å²) < 4.78 is 6.53. The lowest BCUT2D eigenvalue weighted by Gasteiger charge is -2.28. The van der Waals surface area contributed by atoms with Crippen LogP contribution in [0.5, 0.6) is 0 Å². The van der Waals surface area contributed by atoms with Gasteiger partial charge >= 0.3 is 0 Å². The number of carbonyl (C=O) groups is 2. The first-order chi connectivity index (χ1) is 14.8. The number of carbonyl (C=O) groups excluding carboxylic acids is 2. The molecule has 2 amide bonds. The molecule has 2 aromatic carbocycles. The maximum atomic E-state index is 13.0. The number of thiocarbonyl (C=S) groups is 1. The topological polar surface area (TPSA) is 106 Å². The highest BCUT2D eigenvalue weighted by molar-refractivity contribution is 9.10. The highest BCUT2D eigenvalue weighted by Gasteiger charge is 2.34. The van der Waals surface area contributed by atoms with E-state index in [1.165, 1.54) is 23.1 Å². The molecule has 0 saturated carbocycles. The van der Waals surface area contributed by atoms with Gasteiger partial charge in [-0.1, -0.05) is 28.1 Å². The van der Waals surface area contributed by atoms with Crippen molar-refractivity contribution in [3.8, 4) is 11.3 Å². The number of benzene rings is 2. The highest BCUT2D eigenvalue weighted by atomic mass is 79.9. The van der Waals surface area contributed by atoms with Crippen LogP contribution in [0.4, 0.5) is 11.4 Å². The van der Waals surface area contributed by atoms with Crippen molar-refractivity contribution in [3.63, 3.8) is 0 Å². The maximum absolute atomic E-state index is 13.0. The second kappa shape index (κ2) is 8.25. The number of nitro benzene ring substituents is 1. The number of halogens is 1. The van der Waals surface area contributed by atoms with Crippen LogP contribution in [0.3, 0.4) is 0 Å². The zero-order valence-electron chi connectivity index (χ0n) is 15.6. The average Bonchev–Trinajstić information content (AvgIpc) is 3.21. The predicted molar refractivity (Wildman–Crippen MR) is 121 cm³/mol. The van der Waals surface area contributed by atoms with Gasteiger partial charge in [0, 0.05) is 22.2 Å². The van der Waals surface area contributed by atoms with Crippen LogP contribution in [-0.2, 0) is 9.59 Å². The van der Waals surface area contributed by atoms with Crippen LogP contribution in [-0.4, -0.2) is 21.9 Å². The molecule has 10 heteroatoms. The smallest absolute Gasteiger partial charge is 0.270 e. The second-order valence-electron chi connectivity index (χ2n) is 6.44. The number of amides is 2. The fourth-order valence-corrected chi connectivity index (χ4v) is 3.53. The quantitative estimate of drug-likeness (QED) is 0.187. The van der Waals surface area contributed by atoms with Crippen LogP contribution in [0.2, 0.25) is 0 Å². The zero-order valence-corrected chi connectivity index (χ0v) is 18.0. The molecule has 0 radical (unpaired) electrons. The molecule has 0 unspecified atom stereocenters. The summed E-state index contributed by atoms with van der Waals surface area (Å²) in [7, 11) is 0. The molecule has 0 aliphatic carbocycles. The van der Waals surface area contributed by atoms with E-state index in [-0.39, 0.29) is 22.1 Å². The molecule has 31 heavy (non-hydrogen) atoms. The molecular formula is C21H12BrN3O5S. The van der Waals surface area contributed by atoms with E-state index in [4.69, 9.17) is 16.6 Å². The molecule has 154 valence electrons. The lowest BCUT2D eigenvalue weighted by Crippen LogP contribution is -2.54. The molecule has 1 fully saturated rings. The number of nitrogens with zero attached hydrogens (tertiary/aromatic N) is 2. The third kappa shape index (κ3) is 4.16. The number of hydrogen-bond acceptors (Lipinski definition) is 6. The number of anilines is 1. The molecular weight excluding hydrogens is 486 g/mol. The Kier molecular flexibility index (Phi) is 5.49. The van der Waals surface area contributed by atoms with Crippen molar-refractivity contribution in [3.05, 3.63) is 86.6 Å². The van der Waals surface area contributed by atoms with Gasteiger partial charge in [-0.2, -0.15) is 0 Å². The van der Waals surface area contributed by atoms with E-state index >= 15 is 0 Å². The minimum Gasteiger partial charge on any atom is -0.457 e. The summed E-state index contributed by atoms with van der Waals surface area (Å²) >= 11 is 8.50. The van der Waals surface area contributed by atoms with Crippen LogP contribution < -0.4 is 10.2 Å². The summed E-state index contributed by atoms with van der Waals surface area (Å²) in [6.07, 6.45) is 1.31. The van der Waals surface area contributed by atoms with Crippen molar-refractivity contribution in [2.45, 2.75) is 0 Å². The second-order valence-corrected chi connectivity index (χ2v) is 7.75. The summed E-state index contributed by atoms with van der Waals surface area (Å²) in [5.41, 5.74) is 0.766. The zero-order chi connectivity index (χ0) is 22.1. The van der Waals surface area contributed by atoms with Crippen LogP contribution in [0.25, 0.3) is 17.4 Å². The first-order valence-electron chi connectivity index (χ1n) is 8.85. The van der Waals surface area contributed by atoms with Gasteiger partial charge in [0.25, 0.3) is 17.5 Å². The van der Waals surface area contributed by atoms with Gasteiger partial charge in [0.15, 0.2) is 5.11 Å². The maximum Gasteiger partial charge on any atom is 0.270 e. The summed E-state index contributed by atoms with van der Waals surface area (Å²) in [4.78, 5) is 37.1. The van der Waals surface area contributed by atoms with Crippen LogP contribution in [0.15, 0.2) is 75.1 Å². The van der Waals surface area contributed by atoms with Crippen LogP contribution in [0.1, 0.15) is 5.76 Å². The van der Waals surface area contributed by atoms with Crippen molar-refractivity contribution in [1.82, 2.24) is 5.32 Å². The Bertz CT molecular complexity index is 1270. The molecule has 0 bridgehead atoms. The fraction of sp³-hybridized carbons (Fsp3) is 0. The molecule has 8 nitrogen and oxygen atoms in total. The molecule has 0 atom stereocenters. The van der Waals surface area contributed by atoms with Crippen LogP contribution >= 0.6 is 28.1 Å². The minimum atomic E-state index is -0.642. The average molecular weight is 498 g/mol. The lowest BCUT2D eigenvalue weighted by molar-refractivity contribution is -0.384. The van der Waals surface area contributed by atoms with Gasteiger partial charge in [-0.05, 0) is 54.7 Å². The van der Waals surface area contributed by atoms with E-state index in [2.05, 4.69) is 21.2 Å². The van der Waals surface area contributed by atoms with E-state index in [1.54, 1.807) is 48.5 Å². The Morgan fingerprint density at radius 3 is 2.55 bits per heavy atom. The van der Waals surface area contributed by atoms with Crippen molar-refractivity contribution in [2.75, 3.05) is 4.90 Å². The fourth-order valence-electron chi connectivity index (χ4n) is 2.98. The first kappa shape index (κ1) is 20.6. The number of nitrogens with one attached hydrogen (secondary N) is 1. The Morgan fingerprint density at radius 2 is 1.84 bits per heavy atom. The van der Waals surface area contributed by atoms with E-state index in [0.29, 0.717) is 17.0 Å². The van der Waals surface area contributed by atoms with Crippen molar-refractivity contribution in [2.24, 2.45) is 0 Å². The Morgan fingerprint density at radius 1 is 1.10 bits per heavy atom. The van der Waals surface area contributed by atoms with Gasteiger partial charge in [0.2, 0.25) is 0 Å². The number of rotatable bonds is 4. The third-order valence-electron chi connectivity index (χ3n) is 4.44. The Balaban J connectivity index is 1.66. The summed E-state index contributed by atoms with van der Waals surface area (Å²) in [5, 5.41) is 13.5. The van der Waals surface area contributed by atoms with E-state index in [1.807, 2.05) is 0 Å². The standard InChI is InChI=1S/C21H12BrN3O5S/c22-13-4-6-14(7-5-13)24-20(27)17(19(26)23-21(24)31)11-16-8-9-18(30-16)12-2-1-3-15(10-12)25(28)29/h1-11H,(H,23,26,31)/b17-11+. The molecule has 1 aromatic heterocycles. The van der Waals surface area contributed by atoms with Gasteiger partial charge in [-0.3, -0.25) is 29.9 Å². The molecule has 3 aromatic rings. The highest BCUT2D eigenvalue weighted by Crippen LogP contribution is 2.28. The van der Waals surface area contributed by atoms with E-state index in [9.17, 15) is 19.7 Å². The first-order valence-corrected chi connectivity index (χ1v) is 10.1. The summed E-state index contributed by atoms with van der Waals surface area (Å²) in [6, 6.07) is 16.0. The predicted octanol–water partition coefficient (Wildman–Crippen LogP) is 4.45. The minimum absolute atomic E-state index is 0.0220. The van der Waals surface area contributed by atoms with E-state index < -0.39 is 16.7 Å². The third-order valence-corrected chi connectivity index (χ3v) is 5.25. The van der Waals surface area contributed by atoms with Crippen LogP contribution in [0, 0.1) is 10.1 Å². The largest absolute Gasteiger partial charge is 0.457 e. The lowest BCUT2D eigenvalue weighted by atomic mass is 10.1. The van der Waals surface area contributed by atoms with Crippen molar-refractivity contribution in [1.29, 1.82) is 0 Å². The van der Waals surface area contributed by atoms with Gasteiger partial charge in [0.1, 0.15) is 17.1 Å². The van der Waals surface area contributed by atoms with Gasteiger partial charge < -0.3 is 4.42 Å². The normalized spacial score (nSPS) is 15.3. The number of hydrogen-bond donors (Lipinski definition) is 1. The summed E-state index contributed by atoms with van der Waals surface area (Å²) in [5.74, 6) is -0.635. The van der Waals surface area contributed by atoms with Crippen molar-refractivity contribution < 1.29 is 18.9 Å². The Hall–Kier alpha value is -3.63. The molecule has 1 N–H and O–H groups in total. The van der Waals surface area contributed by atoms with Crippen molar-refractivity contribution >= 4 is 62.5 Å². The SMILES string of the molecule is O=C1NC(=S)N(c2ccc(Br)cc2)C(=O)/C1=C/c1ccc(-c2cccc([N+](=O)[O-])c2)o1. The number of nitro groups is 1.